The first-order valence-electron chi connectivity index (χ1n) is 34.7. The predicted octanol–water partition coefficient (Wildman–Crippen LogP) is 20.8. The Hall–Kier alpha value is -6.44. The predicted molar refractivity (Wildman–Crippen MR) is 440 cm³/mol. The Labute approximate surface area is 654 Å². The molecule has 8 aromatic carbocycles. The third-order valence-electron chi connectivity index (χ3n) is 12.2. The van der Waals surface area contributed by atoms with Crippen molar-refractivity contribution in [3.63, 3.8) is 0 Å². The topological polar surface area (TPSA) is 438 Å². The SMILES string of the molecule is CCOP(=O)(CC)OCC.CCOP(=O)(NC(C)C)OCC.CCOP(=O)(Nc1ccccc1)OCC.CCOP(N)(=O)OCC.COP(N)(=O)OC.Cc1ccc(OP(N)(=O)Oc2ccccc2)cc1.NP(=O)(Oc1ccccc1)Oc1ccc(-c2ccccc2)cc1.NP(=O)(Oc1ccccc1)Oc1ccccc1. The summed E-state index contributed by atoms with van der Waals surface area (Å²) in [5, 5.41) is 5.54. The zero-order valence-electron chi connectivity index (χ0n) is 65.1. The number of aryl methyl sites for hydroxylation is 1. The van der Waals surface area contributed by atoms with Crippen molar-refractivity contribution >= 4 is 67.5 Å². The fraction of sp³-hybridized carbons (Fsp3) is 0.333. The van der Waals surface area contributed by atoms with Crippen LogP contribution in [0.1, 0.15) is 81.7 Å². The van der Waals surface area contributed by atoms with Gasteiger partial charge in [-0.2, -0.15) is 0 Å². The molecule has 0 fully saturated rings. The van der Waals surface area contributed by atoms with Crippen LogP contribution in [0.15, 0.2) is 231 Å². The summed E-state index contributed by atoms with van der Waals surface area (Å²) < 4.78 is 171. The molecule has 39 heteroatoms. The van der Waals surface area contributed by atoms with Gasteiger partial charge in [0.2, 0.25) is 0 Å². The van der Waals surface area contributed by atoms with Gasteiger partial charge in [0.1, 0.15) is 34.5 Å². The van der Waals surface area contributed by atoms with Gasteiger partial charge in [-0.25, -0.2) is 64.6 Å². The molecule has 0 bridgehead atoms. The van der Waals surface area contributed by atoms with Crippen molar-refractivity contribution in [1.82, 2.24) is 5.09 Å². The average molecular weight is 1710 g/mol. The largest absolute Gasteiger partial charge is 0.510 e. The van der Waals surface area contributed by atoms with Gasteiger partial charge in [0.15, 0.2) is 0 Å². The quantitative estimate of drug-likeness (QED) is 0.0179. The van der Waals surface area contributed by atoms with Crippen LogP contribution in [0.4, 0.5) is 5.69 Å². The maximum Gasteiger partial charge on any atom is 0.510 e. The van der Waals surface area contributed by atoms with Crippen LogP contribution in [-0.4, -0.2) is 79.3 Å². The van der Waals surface area contributed by atoms with Crippen molar-refractivity contribution in [3.05, 3.63) is 236 Å². The van der Waals surface area contributed by atoms with E-state index < -0.39 is 61.8 Å². The first-order chi connectivity index (χ1) is 52.5. The van der Waals surface area contributed by atoms with Crippen molar-refractivity contribution in [2.45, 2.75) is 89.1 Å². The van der Waals surface area contributed by atoms with Crippen LogP contribution in [0.2, 0.25) is 0 Å². The molecule has 8 aromatic rings. The first kappa shape index (κ1) is 103. The standard InChI is InChI=1S/C18H16NO3P.C13H14NO3P.C12H12NO3P.C10H16NO3P.C7H18NO3P.C6H15O3P.C4H12NO3P.C2H8NO3P/c19-23(20,21-17-9-5-2-6-10-17)22-18-13-11-16(12-14-18)15-7-3-1-4-8-15;1-11-7-9-13(10-8-11)17-18(14,15)16-12-5-3-2-4-6-12;13-17(14,15-11-7-3-1-4-8-11)16-12-9-5-2-6-10-12;1-3-13-15(12,14-4-2)11-10-8-6-5-7-9-10;1-5-10-12(9,11-6-2)8-7(3)4;1-4-8-10(7,6-3)9-5-2;1-3-7-9(5,6)8-4-2;1-5-7(3,4)6-2/h1-14H,(H2,19,20);2-10H,1H3,(H2,14,15);1-10H,(H2,13,14);5-9H,3-4H2,1-2H3,(H,11,12);7H,5-6H2,1-4H3,(H,8,9);4-6H2,1-3H3;3-4H2,1-2H3,(H2,5,6);1-2H3,(H2,3,4). The molecule has 0 aliphatic rings. The fourth-order valence-corrected chi connectivity index (χ4v) is 15.4. The third-order valence-corrected chi connectivity index (χ3v) is 23.1. The molecule has 0 aromatic heterocycles. The lowest BCUT2D eigenvalue weighted by molar-refractivity contribution is 0.208. The normalized spacial score (nSPS) is 12.3. The van der Waals surface area contributed by atoms with Gasteiger partial charge in [0, 0.05) is 32.1 Å². The van der Waals surface area contributed by atoms with E-state index in [0.717, 1.165) is 22.4 Å². The lowest BCUT2D eigenvalue weighted by atomic mass is 10.1. The van der Waals surface area contributed by atoms with Crippen LogP contribution >= 0.6 is 61.8 Å². The van der Waals surface area contributed by atoms with Crippen molar-refractivity contribution in [2.24, 2.45) is 27.5 Å². The number of hydrogen-bond acceptors (Lipinski definition) is 24. The number of rotatable bonds is 36. The van der Waals surface area contributed by atoms with Crippen LogP contribution in [0.3, 0.4) is 0 Å². The molecule has 8 rings (SSSR count). The Balaban J connectivity index is 0.000000651. The van der Waals surface area contributed by atoms with Gasteiger partial charge < -0.3 is 45.2 Å². The van der Waals surface area contributed by atoms with Gasteiger partial charge in [-0.3, -0.25) is 36.8 Å². The minimum atomic E-state index is -3.72. The molecule has 0 radical (unpaired) electrons. The van der Waals surface area contributed by atoms with E-state index >= 15 is 0 Å². The molecule has 0 spiro atoms. The Morgan fingerprint density at radius 1 is 0.297 bits per heavy atom. The third kappa shape index (κ3) is 49.7. The number of para-hydroxylation sites is 5. The number of benzene rings is 8. The number of hydrogen-bond donors (Lipinski definition) is 7. The molecule has 12 N–H and O–H groups in total. The highest BCUT2D eigenvalue weighted by atomic mass is 31.2. The molecule has 0 saturated carbocycles. The molecule has 0 aliphatic heterocycles. The van der Waals surface area contributed by atoms with Gasteiger partial charge in [-0.1, -0.05) is 158 Å². The van der Waals surface area contributed by atoms with E-state index in [1.165, 1.54) is 14.2 Å². The summed E-state index contributed by atoms with van der Waals surface area (Å²) in [7, 11) is -23.8. The number of anilines is 1. The van der Waals surface area contributed by atoms with E-state index in [9.17, 15) is 36.5 Å². The van der Waals surface area contributed by atoms with Gasteiger partial charge in [-0.05, 0) is 172 Å². The van der Waals surface area contributed by atoms with Crippen LogP contribution < -0.4 is 64.8 Å². The van der Waals surface area contributed by atoms with Crippen molar-refractivity contribution < 1.29 is 109 Å². The van der Waals surface area contributed by atoms with Gasteiger partial charge in [0.05, 0.1) is 52.9 Å². The second-order valence-electron chi connectivity index (χ2n) is 21.6. The molecule has 31 nitrogen and oxygen atoms in total. The number of nitrogens with two attached hydrogens (primary N) is 5. The summed E-state index contributed by atoms with van der Waals surface area (Å²) in [6.07, 6.45) is 0.453. The molecule has 0 saturated heterocycles. The Bertz CT molecular complexity index is 4060. The molecule has 618 valence electrons. The molecule has 0 heterocycles. The summed E-state index contributed by atoms with van der Waals surface area (Å²) in [4.78, 5) is 0. The van der Waals surface area contributed by atoms with Crippen LogP contribution in [0.25, 0.3) is 11.1 Å². The highest BCUT2D eigenvalue weighted by Gasteiger charge is 2.27. The van der Waals surface area contributed by atoms with Crippen LogP contribution in [0, 0.1) is 6.92 Å². The Morgan fingerprint density at radius 3 is 0.811 bits per heavy atom. The molecule has 2 unspecified atom stereocenters. The van der Waals surface area contributed by atoms with E-state index in [1.54, 1.807) is 184 Å². The Morgan fingerprint density at radius 2 is 0.550 bits per heavy atom. The van der Waals surface area contributed by atoms with Gasteiger partial charge in [0.25, 0.3) is 0 Å². The minimum absolute atomic E-state index is 0.0916. The summed E-state index contributed by atoms with van der Waals surface area (Å²) in [5.74, 6) is 2.45. The second kappa shape index (κ2) is 55.9. The summed E-state index contributed by atoms with van der Waals surface area (Å²) in [5.41, 5.74) is 30.5. The van der Waals surface area contributed by atoms with E-state index in [2.05, 4.69) is 28.3 Å². The number of nitrogens with one attached hydrogen (secondary N) is 2. The molecule has 0 amide bonds. The van der Waals surface area contributed by atoms with Crippen LogP contribution in [0.5, 0.6) is 34.5 Å². The monoisotopic (exact) mass is 1710 g/mol. The minimum Gasteiger partial charge on any atom is -0.405 e. The summed E-state index contributed by atoms with van der Waals surface area (Å²) >= 11 is 0. The zero-order valence-corrected chi connectivity index (χ0v) is 72.3. The molecule has 0 aliphatic carbocycles. The van der Waals surface area contributed by atoms with Gasteiger partial charge in [-0.15, -0.1) is 0 Å². The second-order valence-corrected chi connectivity index (χ2v) is 35.2. The molecule has 111 heavy (non-hydrogen) atoms. The van der Waals surface area contributed by atoms with Crippen molar-refractivity contribution in [1.29, 1.82) is 0 Å². The maximum absolute atomic E-state index is 12.2. The van der Waals surface area contributed by atoms with Gasteiger partial charge >= 0.3 is 61.8 Å². The lowest BCUT2D eigenvalue weighted by Gasteiger charge is -2.19. The van der Waals surface area contributed by atoms with E-state index in [0.29, 0.717) is 93.5 Å². The lowest BCUT2D eigenvalue weighted by Crippen LogP contribution is -2.22. The van der Waals surface area contributed by atoms with E-state index in [4.69, 9.17) is 81.8 Å². The summed E-state index contributed by atoms with van der Waals surface area (Å²) in [6, 6.07) is 68.3. The van der Waals surface area contributed by atoms with Crippen molar-refractivity contribution in [2.75, 3.05) is 78.3 Å². The van der Waals surface area contributed by atoms with E-state index in [1.807, 2.05) is 130 Å². The van der Waals surface area contributed by atoms with Crippen LogP contribution in [-0.2, 0) is 81.8 Å². The summed E-state index contributed by atoms with van der Waals surface area (Å²) in [6.45, 7) is 24.7. The highest BCUT2D eigenvalue weighted by Crippen LogP contribution is 2.49. The molecular formula is C72H111N7O24P8. The maximum atomic E-state index is 12.2. The highest BCUT2D eigenvalue weighted by molar-refractivity contribution is 7.55. The Kier molecular flexibility index (Phi) is 51.7. The molecule has 2 atom stereocenters. The molecular weight excluding hydrogens is 1590 g/mol. The average Bonchev–Trinajstić information content (AvgIpc) is 0.850. The van der Waals surface area contributed by atoms with E-state index in [-0.39, 0.29) is 6.04 Å². The first-order valence-corrected chi connectivity index (χ1v) is 47.6. The fourth-order valence-electron chi connectivity index (χ4n) is 7.77. The smallest absolute Gasteiger partial charge is 0.405 e. The van der Waals surface area contributed by atoms with Crippen molar-refractivity contribution in [3.8, 4) is 45.6 Å². The zero-order chi connectivity index (χ0) is 83.3.